The zero-order valence-corrected chi connectivity index (χ0v) is 25.4. The fourth-order valence-electron chi connectivity index (χ4n) is 4.03. The molecule has 2 aliphatic carbocycles. The predicted octanol–water partition coefficient (Wildman–Crippen LogP) is 9.42. The highest BCUT2D eigenvalue weighted by atomic mass is 28.4. The molecule has 1 aromatic rings. The molecule has 1 aromatic carbocycles. The number of rotatable bonds is 6. The largest absolute Gasteiger partial charge is 0.544 e. The van der Waals surface area contributed by atoms with Crippen molar-refractivity contribution in [2.75, 3.05) is 0 Å². The molecule has 0 aliphatic heterocycles. The maximum atomic E-state index is 6.58. The molecule has 0 heterocycles. The quantitative estimate of drug-likeness (QED) is 0.289. The molecule has 0 atom stereocenters. The summed E-state index contributed by atoms with van der Waals surface area (Å²) in [5.74, 6) is 1.72. The van der Waals surface area contributed by atoms with Crippen molar-refractivity contribution in [3.05, 3.63) is 70.2 Å². The first-order valence-corrected chi connectivity index (χ1v) is 18.6. The van der Waals surface area contributed by atoms with E-state index >= 15 is 0 Å². The van der Waals surface area contributed by atoms with Gasteiger partial charge in [-0.2, -0.15) is 0 Å². The molecule has 2 aliphatic rings. The topological polar surface area (TPSA) is 18.5 Å². The predicted molar refractivity (Wildman–Crippen MR) is 154 cm³/mol. The van der Waals surface area contributed by atoms with Gasteiger partial charge in [0.2, 0.25) is 16.6 Å². The zero-order valence-electron chi connectivity index (χ0n) is 23.4. The Labute approximate surface area is 211 Å². The van der Waals surface area contributed by atoms with Gasteiger partial charge in [0.1, 0.15) is 0 Å². The Balaban J connectivity index is 1.93. The lowest BCUT2D eigenvalue weighted by molar-refractivity contribution is 0.392. The Morgan fingerprint density at radius 2 is 0.971 bits per heavy atom. The smallest absolute Gasteiger partial charge is 0.250 e. The van der Waals surface area contributed by atoms with E-state index < -0.39 is 16.6 Å². The Morgan fingerprint density at radius 1 is 0.647 bits per heavy atom. The van der Waals surface area contributed by atoms with Crippen molar-refractivity contribution in [1.29, 1.82) is 0 Å². The minimum atomic E-state index is -1.91. The summed E-state index contributed by atoms with van der Waals surface area (Å²) in [6.45, 7) is 31.6. The molecule has 0 unspecified atom stereocenters. The minimum Gasteiger partial charge on any atom is -0.544 e. The van der Waals surface area contributed by atoms with Crippen LogP contribution < -0.4 is 0 Å². The third-order valence-electron chi connectivity index (χ3n) is 8.52. The first-order chi connectivity index (χ1) is 15.4. The van der Waals surface area contributed by atoms with Crippen molar-refractivity contribution in [3.8, 4) is 0 Å². The van der Waals surface area contributed by atoms with Gasteiger partial charge in [0.25, 0.3) is 0 Å². The van der Waals surface area contributed by atoms with Gasteiger partial charge in [-0.3, -0.25) is 0 Å². The van der Waals surface area contributed by atoms with Gasteiger partial charge in [0.15, 0.2) is 0 Å². The molecule has 0 fully saturated rings. The van der Waals surface area contributed by atoms with Crippen LogP contribution in [0.1, 0.15) is 76.6 Å². The number of allylic oxidation sites excluding steroid dienone is 2. The van der Waals surface area contributed by atoms with E-state index in [4.69, 9.17) is 8.85 Å². The number of benzene rings is 1. The van der Waals surface area contributed by atoms with E-state index in [1.165, 1.54) is 33.4 Å². The summed E-state index contributed by atoms with van der Waals surface area (Å²) in [6, 6.07) is 4.64. The Morgan fingerprint density at radius 3 is 1.26 bits per heavy atom. The van der Waals surface area contributed by atoms with Crippen LogP contribution in [0.2, 0.25) is 36.3 Å². The molecule has 0 saturated carbocycles. The first kappa shape index (κ1) is 26.8. The summed E-state index contributed by atoms with van der Waals surface area (Å²) in [7, 11) is -3.83. The van der Waals surface area contributed by atoms with Crippen molar-refractivity contribution in [2.45, 2.75) is 103 Å². The van der Waals surface area contributed by atoms with Gasteiger partial charge < -0.3 is 8.85 Å². The summed E-state index contributed by atoms with van der Waals surface area (Å²) in [6.07, 6.45) is 8.69. The SMILES string of the molecule is C=C(O[Si](C)(C)C(C)(C)C)C1=Cc2c(ccc3c2C=C(C(=C)O[Si](C)(C)C(C)(C)C)CC3)CC1. The van der Waals surface area contributed by atoms with E-state index in [1.54, 1.807) is 0 Å². The number of aryl methyl sites for hydroxylation is 2. The number of fused-ring (bicyclic) bond motifs is 3. The normalized spacial score (nSPS) is 16.6. The van der Waals surface area contributed by atoms with Crippen LogP contribution >= 0.6 is 0 Å². The van der Waals surface area contributed by atoms with Gasteiger partial charge in [-0.1, -0.05) is 66.8 Å². The van der Waals surface area contributed by atoms with E-state index in [-0.39, 0.29) is 10.1 Å². The molecule has 2 nitrogen and oxygen atoms in total. The van der Waals surface area contributed by atoms with E-state index in [0.29, 0.717) is 0 Å². The maximum absolute atomic E-state index is 6.58. The van der Waals surface area contributed by atoms with Gasteiger partial charge in [0.05, 0.1) is 11.5 Å². The molecule has 186 valence electrons. The summed E-state index contributed by atoms with van der Waals surface area (Å²) in [5, 5.41) is 0.314. The van der Waals surface area contributed by atoms with E-state index in [0.717, 1.165) is 37.2 Å². The highest BCUT2D eigenvalue weighted by Gasteiger charge is 2.40. The number of hydrogen-bond donors (Lipinski definition) is 0. The maximum Gasteiger partial charge on any atom is 0.250 e. The van der Waals surface area contributed by atoms with Crippen LogP contribution in [0.4, 0.5) is 0 Å². The Hall–Kier alpha value is -1.79. The van der Waals surface area contributed by atoms with Crippen LogP contribution in [0.5, 0.6) is 0 Å². The van der Waals surface area contributed by atoms with Crippen molar-refractivity contribution in [3.63, 3.8) is 0 Å². The molecular formula is C30H46O2Si2. The fraction of sp³-hybridized carbons (Fsp3) is 0.533. The van der Waals surface area contributed by atoms with Crippen molar-refractivity contribution in [1.82, 2.24) is 0 Å². The lowest BCUT2D eigenvalue weighted by Gasteiger charge is -2.38. The molecule has 0 bridgehead atoms. The summed E-state index contributed by atoms with van der Waals surface area (Å²) in [5.41, 5.74) is 7.96. The molecule has 0 N–H and O–H groups in total. The second-order valence-electron chi connectivity index (χ2n) is 13.1. The lowest BCUT2D eigenvalue weighted by atomic mass is 9.82. The lowest BCUT2D eigenvalue weighted by Crippen LogP contribution is -2.40. The average Bonchev–Trinajstić information content (AvgIpc) is 2.70. The van der Waals surface area contributed by atoms with E-state index in [2.05, 4.69) is 105 Å². The zero-order chi connectivity index (χ0) is 25.7. The standard InChI is InChI=1S/C30H46O2Si2/c1-21(31-33(9,10)29(3,4)5)25-17-15-23-13-14-24-16-18-26(20-28(24)27(23)19-25)22(2)32-34(11,12)30(6,7)8/h13-14,19-20H,1-2,15-18H2,3-12H3. The fourth-order valence-corrected chi connectivity index (χ4v) is 6.13. The van der Waals surface area contributed by atoms with Gasteiger partial charge in [-0.25, -0.2) is 0 Å². The highest BCUT2D eigenvalue weighted by Crippen LogP contribution is 2.43. The monoisotopic (exact) mass is 494 g/mol. The van der Waals surface area contributed by atoms with Crippen LogP contribution in [0.15, 0.2) is 48.0 Å². The average molecular weight is 495 g/mol. The molecule has 4 heteroatoms. The van der Waals surface area contributed by atoms with Gasteiger partial charge in [-0.05, 0) is 107 Å². The van der Waals surface area contributed by atoms with Crippen LogP contribution in [0.25, 0.3) is 12.2 Å². The van der Waals surface area contributed by atoms with Crippen molar-refractivity contribution in [2.24, 2.45) is 0 Å². The van der Waals surface area contributed by atoms with E-state index in [1.807, 2.05) is 0 Å². The Bertz CT molecular complexity index is 972. The Kier molecular flexibility index (Phi) is 7.11. The van der Waals surface area contributed by atoms with Crippen molar-refractivity contribution >= 4 is 28.8 Å². The molecule has 0 radical (unpaired) electrons. The second kappa shape index (κ2) is 9.02. The van der Waals surface area contributed by atoms with Crippen LogP contribution in [0.3, 0.4) is 0 Å². The molecule has 3 rings (SSSR count). The van der Waals surface area contributed by atoms with Gasteiger partial charge >= 0.3 is 0 Å². The number of hydrogen-bond acceptors (Lipinski definition) is 2. The van der Waals surface area contributed by atoms with E-state index in [9.17, 15) is 0 Å². The highest BCUT2D eigenvalue weighted by molar-refractivity contribution is 6.74. The summed E-state index contributed by atoms with van der Waals surface area (Å²) >= 11 is 0. The molecule has 0 saturated heterocycles. The molecule has 0 spiro atoms. The third kappa shape index (κ3) is 5.38. The van der Waals surface area contributed by atoms with Crippen LogP contribution in [-0.4, -0.2) is 16.6 Å². The molecular weight excluding hydrogens is 449 g/mol. The minimum absolute atomic E-state index is 0.157. The van der Waals surface area contributed by atoms with Crippen LogP contribution in [0, 0.1) is 0 Å². The van der Waals surface area contributed by atoms with Crippen molar-refractivity contribution < 1.29 is 8.85 Å². The molecule has 0 amide bonds. The van der Waals surface area contributed by atoms with Crippen LogP contribution in [-0.2, 0) is 21.7 Å². The summed E-state index contributed by atoms with van der Waals surface area (Å²) in [4.78, 5) is 0. The summed E-state index contributed by atoms with van der Waals surface area (Å²) < 4.78 is 13.2. The second-order valence-corrected chi connectivity index (χ2v) is 22.6. The van der Waals surface area contributed by atoms with Gasteiger partial charge in [-0.15, -0.1) is 0 Å². The third-order valence-corrected chi connectivity index (χ3v) is 17.3. The van der Waals surface area contributed by atoms with Gasteiger partial charge in [0, 0.05) is 0 Å². The molecule has 0 aromatic heterocycles. The first-order valence-electron chi connectivity index (χ1n) is 12.8. The molecule has 34 heavy (non-hydrogen) atoms.